The number of hydrogen-bond acceptors (Lipinski definition) is 6. The summed E-state index contributed by atoms with van der Waals surface area (Å²) in [6, 6.07) is 11.4. The van der Waals surface area contributed by atoms with Crippen LogP contribution in [0.25, 0.3) is 11.0 Å². The second-order valence-electron chi connectivity index (χ2n) is 8.17. The Hall–Kier alpha value is -3.05. The molecule has 0 bridgehead atoms. The molecule has 9 nitrogen and oxygen atoms in total. The molecular weight excluding hydrogens is 447 g/mol. The molecule has 11 heteroatoms. The van der Waals surface area contributed by atoms with E-state index in [9.17, 15) is 17.6 Å². The minimum atomic E-state index is -3.54. The number of fused-ring (bicyclic) bond motifs is 1. The second kappa shape index (κ2) is 9.44. The smallest absolute Gasteiger partial charge is 0.242 e. The lowest BCUT2D eigenvalue weighted by Crippen LogP contribution is -2.49. The van der Waals surface area contributed by atoms with Crippen molar-refractivity contribution in [1.29, 1.82) is 0 Å². The maximum absolute atomic E-state index is 14.0. The number of piperazine rings is 1. The van der Waals surface area contributed by atoms with Crippen molar-refractivity contribution in [2.45, 2.75) is 24.3 Å². The van der Waals surface area contributed by atoms with Gasteiger partial charge in [0.25, 0.3) is 0 Å². The molecule has 0 aliphatic carbocycles. The van der Waals surface area contributed by atoms with Crippen LogP contribution in [0.2, 0.25) is 0 Å². The number of carbonyl (C=O) groups is 1. The topological polar surface area (TPSA) is 91.6 Å². The highest BCUT2D eigenvalue weighted by atomic mass is 32.2. The van der Waals surface area contributed by atoms with Gasteiger partial charge in [0.05, 0.1) is 16.1 Å². The molecule has 2 aromatic carbocycles. The summed E-state index contributed by atoms with van der Waals surface area (Å²) in [7, 11) is -0.583. The van der Waals surface area contributed by atoms with Gasteiger partial charge in [0, 0.05) is 53.2 Å². The molecule has 1 saturated heterocycles. The second-order valence-corrected chi connectivity index (χ2v) is 10.3. The van der Waals surface area contributed by atoms with Crippen molar-refractivity contribution >= 4 is 32.7 Å². The molecule has 0 atom stereocenters. The standard InChI is InChI=1S/C22H27FN6O3S/c1-26(2)33(31,32)17-9-10-21-19(16-17)24-25-29(21)11-5-8-22(30)28-14-12-27(13-15-28)20-7-4-3-6-18(20)23/h3-4,6-7,9-10,16H,5,8,11-15H2,1-2H3. The Bertz CT molecular complexity index is 1250. The summed E-state index contributed by atoms with van der Waals surface area (Å²) < 4.78 is 41.4. The third-order valence-electron chi connectivity index (χ3n) is 5.85. The first-order valence-electron chi connectivity index (χ1n) is 10.8. The zero-order valence-electron chi connectivity index (χ0n) is 18.7. The van der Waals surface area contributed by atoms with Crippen LogP contribution in [0, 0.1) is 5.82 Å². The maximum atomic E-state index is 14.0. The van der Waals surface area contributed by atoms with Crippen molar-refractivity contribution in [3.8, 4) is 0 Å². The van der Waals surface area contributed by atoms with E-state index in [1.807, 2.05) is 15.9 Å². The summed E-state index contributed by atoms with van der Waals surface area (Å²) in [6.07, 6.45) is 0.955. The van der Waals surface area contributed by atoms with E-state index in [1.54, 1.807) is 22.9 Å². The average Bonchev–Trinajstić information content (AvgIpc) is 3.21. The molecule has 33 heavy (non-hydrogen) atoms. The molecule has 1 fully saturated rings. The molecule has 2 heterocycles. The molecule has 0 radical (unpaired) electrons. The van der Waals surface area contributed by atoms with Gasteiger partial charge < -0.3 is 9.80 Å². The first kappa shape index (κ1) is 23.1. The van der Waals surface area contributed by atoms with Crippen molar-refractivity contribution in [3.05, 3.63) is 48.3 Å². The van der Waals surface area contributed by atoms with Crippen LogP contribution in [0.15, 0.2) is 47.4 Å². The summed E-state index contributed by atoms with van der Waals surface area (Å²) in [5.74, 6) is -0.185. The molecular formula is C22H27FN6O3S. The fraction of sp³-hybridized carbons (Fsp3) is 0.409. The lowest BCUT2D eigenvalue weighted by molar-refractivity contribution is -0.131. The third kappa shape index (κ3) is 4.83. The number of carbonyl (C=O) groups excluding carboxylic acids is 1. The molecule has 1 aliphatic rings. The lowest BCUT2D eigenvalue weighted by Gasteiger charge is -2.36. The number of aryl methyl sites for hydroxylation is 1. The van der Waals surface area contributed by atoms with Crippen LogP contribution < -0.4 is 4.90 Å². The fourth-order valence-electron chi connectivity index (χ4n) is 3.93. The van der Waals surface area contributed by atoms with Gasteiger partial charge in [0.15, 0.2) is 0 Å². The predicted molar refractivity (Wildman–Crippen MR) is 123 cm³/mol. The number of sulfonamides is 1. The van der Waals surface area contributed by atoms with Crippen LogP contribution in [0.3, 0.4) is 0 Å². The van der Waals surface area contributed by atoms with Gasteiger partial charge in [-0.1, -0.05) is 17.3 Å². The minimum Gasteiger partial charge on any atom is -0.366 e. The van der Waals surface area contributed by atoms with Gasteiger partial charge in [-0.3, -0.25) is 4.79 Å². The van der Waals surface area contributed by atoms with E-state index in [0.29, 0.717) is 56.8 Å². The average molecular weight is 475 g/mol. The summed E-state index contributed by atoms with van der Waals surface area (Å²) in [6.45, 7) is 2.81. The largest absolute Gasteiger partial charge is 0.366 e. The molecule has 0 unspecified atom stereocenters. The summed E-state index contributed by atoms with van der Waals surface area (Å²) in [5, 5.41) is 8.20. The van der Waals surface area contributed by atoms with Gasteiger partial charge in [-0.25, -0.2) is 21.8 Å². The maximum Gasteiger partial charge on any atom is 0.242 e. The quantitative estimate of drug-likeness (QED) is 0.520. The number of anilines is 1. The zero-order valence-corrected chi connectivity index (χ0v) is 19.5. The summed E-state index contributed by atoms with van der Waals surface area (Å²) in [4.78, 5) is 16.6. The third-order valence-corrected chi connectivity index (χ3v) is 7.66. The molecule has 1 aromatic heterocycles. The Balaban J connectivity index is 1.31. The minimum absolute atomic E-state index is 0.0620. The van der Waals surface area contributed by atoms with Crippen molar-refractivity contribution in [2.75, 3.05) is 45.2 Å². The van der Waals surface area contributed by atoms with Crippen LogP contribution in [0.5, 0.6) is 0 Å². The normalized spacial score (nSPS) is 14.9. The fourth-order valence-corrected chi connectivity index (χ4v) is 4.85. The van der Waals surface area contributed by atoms with Crippen LogP contribution >= 0.6 is 0 Å². The lowest BCUT2D eigenvalue weighted by atomic mass is 10.2. The number of aromatic nitrogens is 3. The summed E-state index contributed by atoms with van der Waals surface area (Å²) in [5.41, 5.74) is 1.79. The Kier molecular flexibility index (Phi) is 6.61. The number of para-hydroxylation sites is 1. The van der Waals surface area contributed by atoms with E-state index in [4.69, 9.17) is 0 Å². The van der Waals surface area contributed by atoms with E-state index in [2.05, 4.69) is 10.3 Å². The van der Waals surface area contributed by atoms with E-state index >= 15 is 0 Å². The monoisotopic (exact) mass is 474 g/mol. The van der Waals surface area contributed by atoms with Crippen molar-refractivity contribution < 1.29 is 17.6 Å². The van der Waals surface area contributed by atoms with Crippen molar-refractivity contribution in [3.63, 3.8) is 0 Å². The zero-order chi connectivity index (χ0) is 23.6. The number of rotatable bonds is 7. The highest BCUT2D eigenvalue weighted by Gasteiger charge is 2.23. The number of amides is 1. The number of hydrogen-bond donors (Lipinski definition) is 0. The molecule has 0 spiro atoms. The van der Waals surface area contributed by atoms with Gasteiger partial charge in [0.1, 0.15) is 11.3 Å². The van der Waals surface area contributed by atoms with E-state index in [-0.39, 0.29) is 16.6 Å². The van der Waals surface area contributed by atoms with E-state index < -0.39 is 10.0 Å². The molecule has 3 aromatic rings. The van der Waals surface area contributed by atoms with Gasteiger partial charge >= 0.3 is 0 Å². The predicted octanol–water partition coefficient (Wildman–Crippen LogP) is 1.95. The first-order valence-corrected chi connectivity index (χ1v) is 12.2. The van der Waals surface area contributed by atoms with Crippen LogP contribution in [-0.4, -0.2) is 78.8 Å². The van der Waals surface area contributed by atoms with Crippen LogP contribution in [-0.2, 0) is 21.4 Å². The van der Waals surface area contributed by atoms with Crippen molar-refractivity contribution in [2.24, 2.45) is 0 Å². The van der Waals surface area contributed by atoms with Crippen molar-refractivity contribution in [1.82, 2.24) is 24.2 Å². The molecule has 4 rings (SSSR count). The molecule has 0 N–H and O–H groups in total. The molecule has 1 aliphatic heterocycles. The van der Waals surface area contributed by atoms with Gasteiger partial charge in [-0.2, -0.15) is 0 Å². The van der Waals surface area contributed by atoms with E-state index in [1.165, 1.54) is 32.3 Å². The molecule has 1 amide bonds. The van der Waals surface area contributed by atoms with Gasteiger partial charge in [-0.15, -0.1) is 5.10 Å². The Morgan fingerprint density at radius 1 is 1.09 bits per heavy atom. The van der Waals surface area contributed by atoms with Gasteiger partial charge in [0.2, 0.25) is 15.9 Å². The highest BCUT2D eigenvalue weighted by Crippen LogP contribution is 2.21. The Labute approximate surface area is 192 Å². The summed E-state index contributed by atoms with van der Waals surface area (Å²) >= 11 is 0. The van der Waals surface area contributed by atoms with Gasteiger partial charge in [-0.05, 0) is 36.8 Å². The van der Waals surface area contributed by atoms with E-state index in [0.717, 1.165) is 9.82 Å². The van der Waals surface area contributed by atoms with Crippen LogP contribution in [0.4, 0.5) is 10.1 Å². The number of halogens is 1. The SMILES string of the molecule is CN(C)S(=O)(=O)c1ccc2c(c1)nnn2CCCC(=O)N1CCN(c2ccccc2F)CC1. The molecule has 176 valence electrons. The van der Waals surface area contributed by atoms with Crippen LogP contribution in [0.1, 0.15) is 12.8 Å². The Morgan fingerprint density at radius 3 is 2.52 bits per heavy atom. The number of benzene rings is 2. The highest BCUT2D eigenvalue weighted by molar-refractivity contribution is 7.89. The number of nitrogens with zero attached hydrogens (tertiary/aromatic N) is 6. The molecule has 0 saturated carbocycles. The Morgan fingerprint density at radius 2 is 1.82 bits per heavy atom. The first-order chi connectivity index (χ1) is 15.8.